The molecule has 2 fully saturated rings. The number of hydrogen-bond acceptors (Lipinski definition) is 3. The van der Waals surface area contributed by atoms with E-state index in [0.29, 0.717) is 38.8 Å². The van der Waals surface area contributed by atoms with Crippen molar-refractivity contribution in [2.24, 2.45) is 5.92 Å². The number of amides is 1. The van der Waals surface area contributed by atoms with Crippen molar-refractivity contribution in [3.63, 3.8) is 0 Å². The van der Waals surface area contributed by atoms with E-state index in [2.05, 4.69) is 4.72 Å². The van der Waals surface area contributed by atoms with Gasteiger partial charge in [-0.05, 0) is 25.7 Å². The Hall–Kier alpha value is -0.0400. The summed E-state index contributed by atoms with van der Waals surface area (Å²) in [6.07, 6.45) is 2.39. The monoisotopic (exact) mass is 342 g/mol. The Morgan fingerprint density at radius 1 is 1.35 bits per heavy atom. The van der Waals surface area contributed by atoms with Crippen LogP contribution in [-0.2, 0) is 14.8 Å². The van der Waals surface area contributed by atoms with Crippen molar-refractivity contribution in [2.75, 3.05) is 18.8 Å². The average Bonchev–Trinajstić information content (AvgIpc) is 2.98. The van der Waals surface area contributed by atoms with Crippen LogP contribution in [-0.4, -0.2) is 48.4 Å². The van der Waals surface area contributed by atoms with Crippen LogP contribution < -0.4 is 4.72 Å². The fraction of sp³-hybridized carbons (Fsp3) is 0.917. The Labute approximate surface area is 130 Å². The normalized spacial score (nSPS) is 26.6. The molecule has 5 nitrogen and oxygen atoms in total. The maximum absolute atomic E-state index is 12.1. The zero-order valence-electron chi connectivity index (χ0n) is 11.4. The molecule has 1 aliphatic heterocycles. The minimum Gasteiger partial charge on any atom is -0.342 e. The maximum Gasteiger partial charge on any atom is 0.228 e. The third kappa shape index (κ3) is 4.00. The highest BCUT2D eigenvalue weighted by atomic mass is 35.5. The summed E-state index contributed by atoms with van der Waals surface area (Å²) in [5.74, 6) is -0.154. The summed E-state index contributed by atoms with van der Waals surface area (Å²) < 4.78 is 25.2. The molecule has 1 unspecified atom stereocenters. The first-order valence-electron chi connectivity index (χ1n) is 6.92. The van der Waals surface area contributed by atoms with Crippen LogP contribution in [0.1, 0.15) is 32.6 Å². The fourth-order valence-electron chi connectivity index (χ4n) is 2.50. The summed E-state index contributed by atoms with van der Waals surface area (Å²) in [5.41, 5.74) is 0. The van der Waals surface area contributed by atoms with Crippen LogP contribution in [0.25, 0.3) is 0 Å². The van der Waals surface area contributed by atoms with Crippen molar-refractivity contribution in [3.05, 3.63) is 0 Å². The van der Waals surface area contributed by atoms with Gasteiger partial charge >= 0.3 is 0 Å². The van der Waals surface area contributed by atoms with E-state index in [9.17, 15) is 13.2 Å². The SMILES string of the molecule is CCCS(=O)(=O)NC1CCN(C(=O)C2CC2(Cl)Cl)CC1. The van der Waals surface area contributed by atoms with Crippen LogP contribution in [0.5, 0.6) is 0 Å². The predicted octanol–water partition coefficient (Wildman–Crippen LogP) is 1.50. The second kappa shape index (κ2) is 5.99. The van der Waals surface area contributed by atoms with E-state index in [1.54, 1.807) is 4.90 Å². The van der Waals surface area contributed by atoms with Crippen LogP contribution in [0.15, 0.2) is 0 Å². The van der Waals surface area contributed by atoms with Gasteiger partial charge in [-0.1, -0.05) is 6.92 Å². The molecule has 1 heterocycles. The molecule has 1 amide bonds. The second-order valence-electron chi connectivity index (χ2n) is 5.55. The van der Waals surface area contributed by atoms with Crippen LogP contribution in [0.3, 0.4) is 0 Å². The highest BCUT2D eigenvalue weighted by molar-refractivity contribution is 7.89. The standard InChI is InChI=1S/C12H20Cl2N2O3S/c1-2-7-20(18,19)15-9-3-5-16(6-4-9)11(17)10-8-12(10,13)14/h9-10,15H,2-8H2,1H3. The molecular formula is C12H20Cl2N2O3S. The third-order valence-electron chi connectivity index (χ3n) is 3.75. The molecule has 2 aliphatic rings. The minimum atomic E-state index is -3.19. The van der Waals surface area contributed by atoms with Gasteiger partial charge in [0, 0.05) is 19.1 Å². The zero-order valence-corrected chi connectivity index (χ0v) is 13.8. The molecule has 0 aromatic carbocycles. The van der Waals surface area contributed by atoms with Crippen LogP contribution in [0, 0.1) is 5.92 Å². The number of halogens is 2. The fourth-order valence-corrected chi connectivity index (χ4v) is 4.40. The molecule has 1 saturated heterocycles. The van der Waals surface area contributed by atoms with E-state index in [-0.39, 0.29) is 23.6 Å². The van der Waals surface area contributed by atoms with E-state index >= 15 is 0 Å². The quantitative estimate of drug-likeness (QED) is 0.770. The van der Waals surface area contributed by atoms with Gasteiger partial charge < -0.3 is 4.90 Å². The van der Waals surface area contributed by atoms with Crippen molar-refractivity contribution in [3.8, 4) is 0 Å². The smallest absolute Gasteiger partial charge is 0.228 e. The van der Waals surface area contributed by atoms with Gasteiger partial charge in [0.25, 0.3) is 0 Å². The zero-order chi connectivity index (χ0) is 15.0. The number of carbonyl (C=O) groups excluding carboxylic acids is 1. The minimum absolute atomic E-state index is 0.00938. The number of likely N-dealkylation sites (tertiary alicyclic amines) is 1. The highest BCUT2D eigenvalue weighted by Gasteiger charge is 2.57. The number of sulfonamides is 1. The van der Waals surface area contributed by atoms with Crippen molar-refractivity contribution < 1.29 is 13.2 Å². The maximum atomic E-state index is 12.1. The molecule has 8 heteroatoms. The topological polar surface area (TPSA) is 66.5 Å². The Kier molecular flexibility index (Phi) is 4.89. The molecule has 116 valence electrons. The summed E-state index contributed by atoms with van der Waals surface area (Å²) in [5, 5.41) is 0. The number of nitrogens with one attached hydrogen (secondary N) is 1. The lowest BCUT2D eigenvalue weighted by atomic mass is 10.1. The molecule has 1 aliphatic carbocycles. The second-order valence-corrected chi connectivity index (χ2v) is 8.97. The van der Waals surface area contributed by atoms with Crippen LogP contribution in [0.2, 0.25) is 0 Å². The van der Waals surface area contributed by atoms with Gasteiger partial charge in [0.2, 0.25) is 15.9 Å². The Balaban J connectivity index is 1.80. The van der Waals surface area contributed by atoms with Crippen LogP contribution in [0.4, 0.5) is 0 Å². The van der Waals surface area contributed by atoms with Gasteiger partial charge in [-0.3, -0.25) is 4.79 Å². The van der Waals surface area contributed by atoms with Gasteiger partial charge in [-0.25, -0.2) is 13.1 Å². The van der Waals surface area contributed by atoms with Gasteiger partial charge in [-0.15, -0.1) is 23.2 Å². The van der Waals surface area contributed by atoms with Gasteiger partial charge in [0.15, 0.2) is 0 Å². The molecule has 1 atom stereocenters. The van der Waals surface area contributed by atoms with Gasteiger partial charge in [-0.2, -0.15) is 0 Å². The van der Waals surface area contributed by atoms with Crippen molar-refractivity contribution in [2.45, 2.75) is 43.0 Å². The summed E-state index contributed by atoms with van der Waals surface area (Å²) in [4.78, 5) is 13.8. The molecule has 1 saturated carbocycles. The number of carbonyl (C=O) groups is 1. The lowest BCUT2D eigenvalue weighted by Gasteiger charge is -2.32. The molecule has 0 aromatic heterocycles. The predicted molar refractivity (Wildman–Crippen MR) is 79.4 cm³/mol. The third-order valence-corrected chi connectivity index (χ3v) is 6.22. The lowest BCUT2D eigenvalue weighted by molar-refractivity contribution is -0.133. The average molecular weight is 343 g/mol. The molecule has 1 N–H and O–H groups in total. The van der Waals surface area contributed by atoms with Crippen molar-refractivity contribution in [1.82, 2.24) is 9.62 Å². The van der Waals surface area contributed by atoms with Gasteiger partial charge in [0.1, 0.15) is 4.33 Å². The van der Waals surface area contributed by atoms with E-state index < -0.39 is 14.4 Å². The number of rotatable bonds is 5. The molecule has 20 heavy (non-hydrogen) atoms. The van der Waals surface area contributed by atoms with Crippen molar-refractivity contribution >= 4 is 39.1 Å². The van der Waals surface area contributed by atoms with Crippen LogP contribution >= 0.6 is 23.2 Å². The number of nitrogens with zero attached hydrogens (tertiary/aromatic N) is 1. The Morgan fingerprint density at radius 2 is 1.90 bits per heavy atom. The molecule has 2 rings (SSSR count). The Bertz CT molecular complexity index is 473. The number of alkyl halides is 2. The summed E-state index contributed by atoms with van der Waals surface area (Å²) >= 11 is 11.8. The molecule has 0 spiro atoms. The van der Waals surface area contributed by atoms with E-state index in [1.807, 2.05) is 6.92 Å². The summed E-state index contributed by atoms with van der Waals surface area (Å²) in [6, 6.07) is -0.0773. The first kappa shape index (κ1) is 16.3. The van der Waals surface area contributed by atoms with E-state index in [1.165, 1.54) is 0 Å². The lowest BCUT2D eigenvalue weighted by Crippen LogP contribution is -2.47. The summed E-state index contributed by atoms with van der Waals surface area (Å²) in [7, 11) is -3.19. The Morgan fingerprint density at radius 3 is 2.35 bits per heavy atom. The molecular weight excluding hydrogens is 323 g/mol. The van der Waals surface area contributed by atoms with Gasteiger partial charge in [0.05, 0.1) is 11.7 Å². The van der Waals surface area contributed by atoms with E-state index in [4.69, 9.17) is 23.2 Å². The molecule has 0 aromatic rings. The molecule has 0 bridgehead atoms. The first-order chi connectivity index (χ1) is 9.25. The van der Waals surface area contributed by atoms with Crippen molar-refractivity contribution in [1.29, 1.82) is 0 Å². The largest absolute Gasteiger partial charge is 0.342 e. The summed E-state index contributed by atoms with van der Waals surface area (Å²) in [6.45, 7) is 2.94. The number of piperidine rings is 1. The molecule has 0 radical (unpaired) electrons. The first-order valence-corrected chi connectivity index (χ1v) is 9.32. The highest BCUT2D eigenvalue weighted by Crippen LogP contribution is 2.54. The van der Waals surface area contributed by atoms with E-state index in [0.717, 1.165) is 0 Å². The number of hydrogen-bond donors (Lipinski definition) is 1.